The van der Waals surface area contributed by atoms with Crippen LogP contribution in [0.3, 0.4) is 0 Å². The van der Waals surface area contributed by atoms with Crippen LogP contribution in [-0.2, 0) is 0 Å². The van der Waals surface area contributed by atoms with E-state index in [1.807, 2.05) is 0 Å². The van der Waals surface area contributed by atoms with Crippen molar-refractivity contribution in [1.82, 2.24) is 19.2 Å². The van der Waals surface area contributed by atoms with Crippen LogP contribution >= 0.6 is 11.5 Å². The van der Waals surface area contributed by atoms with Crippen molar-refractivity contribution in [2.75, 3.05) is 19.6 Å². The second kappa shape index (κ2) is 7.08. The summed E-state index contributed by atoms with van der Waals surface area (Å²) in [6.45, 7) is 0.718. The number of nitrogens with zero attached hydrogens (tertiary/aromatic N) is 5. The Kier molecular flexibility index (Phi) is 4.59. The van der Waals surface area contributed by atoms with Crippen LogP contribution in [-0.4, -0.2) is 61.3 Å². The molecule has 4 rings (SSSR count). The lowest BCUT2D eigenvalue weighted by molar-refractivity contribution is -0.384. The van der Waals surface area contributed by atoms with E-state index >= 15 is 0 Å². The summed E-state index contributed by atoms with van der Waals surface area (Å²) >= 11 is 1.17. The van der Waals surface area contributed by atoms with Gasteiger partial charge in [-0.1, -0.05) is 0 Å². The molecule has 144 valence electrons. The van der Waals surface area contributed by atoms with E-state index in [9.17, 15) is 14.9 Å². The predicted octanol–water partition coefficient (Wildman–Crippen LogP) is 2.08. The van der Waals surface area contributed by atoms with Crippen LogP contribution in [0.1, 0.15) is 39.9 Å². The highest BCUT2D eigenvalue weighted by molar-refractivity contribution is 7.07. The van der Waals surface area contributed by atoms with E-state index in [1.165, 1.54) is 45.6 Å². The molecule has 1 aromatic carbocycles. The second-order valence-electron chi connectivity index (χ2n) is 6.71. The first-order valence-electron chi connectivity index (χ1n) is 8.75. The number of nitrogens with one attached hydrogen (secondary N) is 2. The molecule has 1 amide bonds. The summed E-state index contributed by atoms with van der Waals surface area (Å²) in [4.78, 5) is 30.3. The number of non-ortho nitro benzene ring substituents is 1. The van der Waals surface area contributed by atoms with Gasteiger partial charge in [-0.2, -0.15) is 4.37 Å². The molecule has 2 fully saturated rings. The Bertz CT molecular complexity index is 967. The monoisotopic (exact) mass is 399 g/mol. The second-order valence-corrected chi connectivity index (χ2v) is 7.46. The number of hydrogen-bond donors (Lipinski definition) is 2. The maximum atomic E-state index is 12.6. The van der Waals surface area contributed by atoms with Crippen molar-refractivity contribution in [3.8, 4) is 0 Å². The first-order valence-corrected chi connectivity index (χ1v) is 9.52. The number of nitro benzene ring substituents is 1. The molecule has 2 heterocycles. The summed E-state index contributed by atoms with van der Waals surface area (Å²) in [7, 11) is 0. The largest absolute Gasteiger partial charge is 0.329 e. The third-order valence-electron chi connectivity index (χ3n) is 4.73. The van der Waals surface area contributed by atoms with Crippen molar-refractivity contribution in [3.05, 3.63) is 50.8 Å². The molecule has 10 nitrogen and oxygen atoms in total. The molecule has 1 saturated heterocycles. The fourth-order valence-electron chi connectivity index (χ4n) is 2.98. The highest BCUT2D eigenvalue weighted by atomic mass is 32.1. The van der Waals surface area contributed by atoms with E-state index in [2.05, 4.69) is 9.36 Å². The molecular weight excluding hydrogens is 382 g/mol. The topological polar surface area (TPSA) is 140 Å². The van der Waals surface area contributed by atoms with E-state index < -0.39 is 4.92 Å². The molecule has 2 N–H and O–H groups in total. The zero-order valence-corrected chi connectivity index (χ0v) is 15.6. The number of benzene rings is 1. The molecule has 0 spiro atoms. The van der Waals surface area contributed by atoms with Gasteiger partial charge in [0.25, 0.3) is 11.6 Å². The normalized spacial score (nSPS) is 16.9. The number of hydrogen-bond acceptors (Lipinski definition) is 8. The molecule has 0 unspecified atom stereocenters. The first kappa shape index (κ1) is 18.2. The Balaban J connectivity index is 1.41. The molecule has 2 aromatic rings. The third kappa shape index (κ3) is 3.48. The summed E-state index contributed by atoms with van der Waals surface area (Å²) in [5.41, 5.74) is 0.255. The van der Waals surface area contributed by atoms with Crippen LogP contribution in [0.2, 0.25) is 0 Å². The fourth-order valence-corrected chi connectivity index (χ4v) is 3.68. The number of amides is 1. The molecule has 11 heteroatoms. The Labute approximate surface area is 164 Å². The summed E-state index contributed by atoms with van der Waals surface area (Å²) < 4.78 is 4.30. The van der Waals surface area contributed by atoms with Crippen molar-refractivity contribution >= 4 is 34.8 Å². The van der Waals surface area contributed by atoms with Crippen LogP contribution in [0.25, 0.3) is 0 Å². The number of aromatic nitrogens is 2. The number of piperazine rings is 1. The van der Waals surface area contributed by atoms with Gasteiger partial charge in [0.05, 0.1) is 11.5 Å². The van der Waals surface area contributed by atoms with E-state index in [4.69, 9.17) is 10.8 Å². The van der Waals surface area contributed by atoms with E-state index in [0.717, 1.165) is 18.7 Å². The minimum Gasteiger partial charge on any atom is -0.329 e. The van der Waals surface area contributed by atoms with Crippen molar-refractivity contribution in [1.29, 1.82) is 10.8 Å². The van der Waals surface area contributed by atoms with E-state index in [1.54, 1.807) is 0 Å². The zero-order chi connectivity index (χ0) is 19.8. The molecule has 1 aliphatic carbocycles. The molecule has 1 aromatic heterocycles. The van der Waals surface area contributed by atoms with Gasteiger partial charge in [0.15, 0.2) is 10.8 Å². The predicted molar refractivity (Wildman–Crippen MR) is 102 cm³/mol. The van der Waals surface area contributed by atoms with Gasteiger partial charge in [-0.25, -0.2) is 4.98 Å². The number of carbonyl (C=O) groups is 1. The Morgan fingerprint density at radius 2 is 1.96 bits per heavy atom. The molecule has 0 radical (unpaired) electrons. The summed E-state index contributed by atoms with van der Waals surface area (Å²) in [6, 6.07) is 5.41. The van der Waals surface area contributed by atoms with Crippen molar-refractivity contribution in [2.24, 2.45) is 0 Å². The Morgan fingerprint density at radius 1 is 1.25 bits per heavy atom. The molecule has 28 heavy (non-hydrogen) atoms. The fraction of sp³-hybridized carbons (Fsp3) is 0.353. The van der Waals surface area contributed by atoms with E-state index in [-0.39, 0.29) is 29.8 Å². The van der Waals surface area contributed by atoms with Gasteiger partial charge in [0, 0.05) is 36.7 Å². The zero-order valence-electron chi connectivity index (χ0n) is 14.8. The minimum absolute atomic E-state index is 0.0620. The van der Waals surface area contributed by atoms with Gasteiger partial charge in [-0.15, -0.1) is 0 Å². The Hall–Kier alpha value is -3.21. The number of nitro groups is 1. The highest BCUT2D eigenvalue weighted by Crippen LogP contribution is 2.38. The molecule has 0 bridgehead atoms. The van der Waals surface area contributed by atoms with Crippen LogP contribution in [0, 0.1) is 20.9 Å². The SMILES string of the molecule is N=C1CN(C(=O)c2ccc([N+](=O)[O-])cc2)CCN1C(=N)c1nc(C2CC2)ns1. The van der Waals surface area contributed by atoms with Crippen molar-refractivity contribution in [2.45, 2.75) is 18.8 Å². The average molecular weight is 399 g/mol. The molecule has 0 atom stereocenters. The lowest BCUT2D eigenvalue weighted by atomic mass is 10.1. The standard InChI is InChI=1S/C17H17N7O3S/c18-13-9-22(17(25)11-3-5-12(6-4-11)24(26)27)7-8-23(13)14(19)16-20-15(21-28-16)10-1-2-10/h3-6,10,18-19H,1-2,7-9H2. The van der Waals surface area contributed by atoms with Gasteiger partial charge in [0.1, 0.15) is 11.7 Å². The summed E-state index contributed by atoms with van der Waals surface area (Å²) in [5.74, 6) is 1.17. The first-order chi connectivity index (χ1) is 13.4. The molecule has 1 aliphatic heterocycles. The lowest BCUT2D eigenvalue weighted by Gasteiger charge is -2.35. The molecule has 1 saturated carbocycles. The minimum atomic E-state index is -0.517. The lowest BCUT2D eigenvalue weighted by Crippen LogP contribution is -2.53. The van der Waals surface area contributed by atoms with Gasteiger partial charge in [-0.05, 0) is 36.5 Å². The van der Waals surface area contributed by atoms with Gasteiger partial charge >= 0.3 is 0 Å². The van der Waals surface area contributed by atoms with Crippen LogP contribution in [0.5, 0.6) is 0 Å². The quantitative estimate of drug-likeness (QED) is 0.349. The van der Waals surface area contributed by atoms with Crippen LogP contribution in [0.4, 0.5) is 5.69 Å². The number of amidine groups is 2. The van der Waals surface area contributed by atoms with Crippen molar-refractivity contribution in [3.63, 3.8) is 0 Å². The van der Waals surface area contributed by atoms with Gasteiger partial charge in [0.2, 0.25) is 0 Å². The highest BCUT2D eigenvalue weighted by Gasteiger charge is 2.32. The van der Waals surface area contributed by atoms with Crippen LogP contribution in [0.15, 0.2) is 24.3 Å². The maximum absolute atomic E-state index is 12.6. The Morgan fingerprint density at radius 3 is 2.57 bits per heavy atom. The maximum Gasteiger partial charge on any atom is 0.269 e. The third-order valence-corrected chi connectivity index (χ3v) is 5.46. The summed E-state index contributed by atoms with van der Waals surface area (Å²) in [6.07, 6.45) is 2.17. The van der Waals surface area contributed by atoms with Gasteiger partial charge in [-0.3, -0.25) is 25.7 Å². The van der Waals surface area contributed by atoms with Crippen molar-refractivity contribution < 1.29 is 9.72 Å². The van der Waals surface area contributed by atoms with Crippen LogP contribution < -0.4 is 0 Å². The number of carbonyl (C=O) groups excluding carboxylic acids is 1. The summed E-state index contributed by atoms with van der Waals surface area (Å²) in [5, 5.41) is 27.8. The molecule has 2 aliphatic rings. The smallest absolute Gasteiger partial charge is 0.269 e. The molecular formula is C17H17N7O3S. The van der Waals surface area contributed by atoms with Gasteiger partial charge < -0.3 is 9.80 Å². The number of rotatable bonds is 4. The average Bonchev–Trinajstić information content (AvgIpc) is 3.43. The van der Waals surface area contributed by atoms with E-state index in [0.29, 0.717) is 29.6 Å².